The number of carbonyl (C=O) groups is 1. The van der Waals surface area contributed by atoms with Gasteiger partial charge >= 0.3 is 0 Å². The average Bonchev–Trinajstić information content (AvgIpc) is 2.60. The van der Waals surface area contributed by atoms with Crippen molar-refractivity contribution < 1.29 is 13.2 Å². The lowest BCUT2D eigenvalue weighted by Crippen LogP contribution is -2.41. The molecule has 0 bridgehead atoms. The number of hydrogen-bond donors (Lipinski definition) is 2. The molecule has 0 aromatic heterocycles. The third-order valence-corrected chi connectivity index (χ3v) is 5.03. The second kappa shape index (κ2) is 4.87. The lowest BCUT2D eigenvalue weighted by atomic mass is 9.89. The Balaban J connectivity index is 2.80. The maximum absolute atomic E-state index is 11.9. The Morgan fingerprint density at radius 1 is 1.59 bits per heavy atom. The molecule has 3 N–H and O–H groups in total. The second-order valence-electron chi connectivity index (χ2n) is 4.45. The highest BCUT2D eigenvalue weighted by molar-refractivity contribution is 7.92. The van der Waals surface area contributed by atoms with Crippen LogP contribution >= 0.6 is 12.2 Å². The van der Waals surface area contributed by atoms with E-state index in [-0.39, 0.29) is 23.2 Å². The van der Waals surface area contributed by atoms with E-state index in [0.717, 1.165) is 0 Å². The summed E-state index contributed by atoms with van der Waals surface area (Å²) in [6.07, 6.45) is 0.503. The van der Waals surface area contributed by atoms with Crippen LogP contribution in [0.25, 0.3) is 0 Å². The number of amides is 1. The third-order valence-electron chi connectivity index (χ3n) is 2.93. The zero-order valence-corrected chi connectivity index (χ0v) is 11.5. The van der Waals surface area contributed by atoms with Gasteiger partial charge in [-0.2, -0.15) is 0 Å². The molecule has 1 rings (SSSR count). The van der Waals surface area contributed by atoms with Crippen molar-refractivity contribution in [2.24, 2.45) is 11.1 Å². The molecule has 1 amide bonds. The Morgan fingerprint density at radius 3 is 2.65 bits per heavy atom. The molecule has 1 aliphatic rings. The summed E-state index contributed by atoms with van der Waals surface area (Å²) < 4.78 is 25.0. The fourth-order valence-corrected chi connectivity index (χ4v) is 3.75. The van der Waals surface area contributed by atoms with Crippen LogP contribution in [-0.4, -0.2) is 49.5 Å². The van der Waals surface area contributed by atoms with Crippen LogP contribution in [0.2, 0.25) is 0 Å². The Labute approximate surface area is 107 Å². The summed E-state index contributed by atoms with van der Waals surface area (Å²) in [6.45, 7) is 2.26. The first-order chi connectivity index (χ1) is 7.71. The topological polar surface area (TPSA) is 92.5 Å². The van der Waals surface area contributed by atoms with Crippen molar-refractivity contribution in [3.05, 3.63) is 0 Å². The lowest BCUT2D eigenvalue weighted by Gasteiger charge is -2.22. The highest BCUT2D eigenvalue weighted by atomic mass is 32.2. The van der Waals surface area contributed by atoms with E-state index < -0.39 is 15.4 Å². The first-order valence-electron chi connectivity index (χ1n) is 5.19. The molecular formula is C9H17N3O3S2. The molecule has 98 valence electrons. The summed E-state index contributed by atoms with van der Waals surface area (Å²) >= 11 is 4.60. The Hall–Kier alpha value is -0.730. The summed E-state index contributed by atoms with van der Waals surface area (Å²) in [4.78, 5) is 11.6. The molecule has 1 fully saturated rings. The van der Waals surface area contributed by atoms with Gasteiger partial charge in [0.1, 0.15) is 5.75 Å². The quantitative estimate of drug-likeness (QED) is 0.648. The molecule has 6 nitrogen and oxygen atoms in total. The summed E-state index contributed by atoms with van der Waals surface area (Å²) in [5.74, 6) is -0.489. The number of rotatable bonds is 4. The third kappa shape index (κ3) is 3.14. The Morgan fingerprint density at radius 2 is 2.18 bits per heavy atom. The molecule has 1 atom stereocenters. The first-order valence-corrected chi connectivity index (χ1v) is 7.21. The Kier molecular flexibility index (Phi) is 4.11. The van der Waals surface area contributed by atoms with Gasteiger partial charge < -0.3 is 11.1 Å². The van der Waals surface area contributed by atoms with Crippen molar-refractivity contribution in [1.29, 1.82) is 0 Å². The average molecular weight is 279 g/mol. The summed E-state index contributed by atoms with van der Waals surface area (Å²) in [5.41, 5.74) is 4.58. The molecule has 0 saturated carbocycles. The van der Waals surface area contributed by atoms with Crippen molar-refractivity contribution >= 4 is 33.1 Å². The molecule has 1 heterocycles. The normalized spacial score (nSPS) is 25.8. The van der Waals surface area contributed by atoms with E-state index in [1.807, 2.05) is 0 Å². The van der Waals surface area contributed by atoms with E-state index in [0.29, 0.717) is 13.0 Å². The molecule has 0 radical (unpaired) electrons. The van der Waals surface area contributed by atoms with Gasteiger partial charge in [-0.05, 0) is 13.3 Å². The molecule has 0 aliphatic carbocycles. The highest BCUT2D eigenvalue weighted by Gasteiger charge is 2.43. The van der Waals surface area contributed by atoms with Crippen LogP contribution in [0.15, 0.2) is 0 Å². The monoisotopic (exact) mass is 279 g/mol. The van der Waals surface area contributed by atoms with Crippen LogP contribution in [0.3, 0.4) is 0 Å². The zero-order chi connectivity index (χ0) is 13.3. The van der Waals surface area contributed by atoms with Gasteiger partial charge in [0, 0.05) is 20.1 Å². The molecule has 8 heteroatoms. The minimum absolute atomic E-state index is 0.0569. The fraction of sp³-hybridized carbons (Fsp3) is 0.778. The molecule has 0 aromatic carbocycles. The summed E-state index contributed by atoms with van der Waals surface area (Å²) in [6, 6.07) is 0. The molecule has 17 heavy (non-hydrogen) atoms. The number of nitrogens with zero attached hydrogens (tertiary/aromatic N) is 1. The van der Waals surface area contributed by atoms with Gasteiger partial charge in [0.2, 0.25) is 15.9 Å². The highest BCUT2D eigenvalue weighted by Crippen LogP contribution is 2.31. The number of nitrogens with one attached hydrogen (secondary N) is 1. The van der Waals surface area contributed by atoms with Gasteiger partial charge in [0.05, 0.1) is 10.4 Å². The maximum Gasteiger partial charge on any atom is 0.227 e. The minimum Gasteiger partial charge on any atom is -0.392 e. The van der Waals surface area contributed by atoms with Crippen LogP contribution in [0.5, 0.6) is 0 Å². The van der Waals surface area contributed by atoms with Crippen LogP contribution < -0.4 is 11.1 Å². The predicted molar refractivity (Wildman–Crippen MR) is 68.9 cm³/mol. The van der Waals surface area contributed by atoms with Crippen molar-refractivity contribution in [1.82, 2.24) is 9.62 Å². The molecular weight excluding hydrogens is 262 g/mol. The summed E-state index contributed by atoms with van der Waals surface area (Å²) in [7, 11) is -1.94. The van der Waals surface area contributed by atoms with E-state index in [1.165, 1.54) is 4.31 Å². The van der Waals surface area contributed by atoms with Crippen molar-refractivity contribution in [2.75, 3.05) is 25.9 Å². The van der Waals surface area contributed by atoms with Gasteiger partial charge in [-0.3, -0.25) is 4.79 Å². The van der Waals surface area contributed by atoms with Crippen LogP contribution in [-0.2, 0) is 14.8 Å². The summed E-state index contributed by atoms with van der Waals surface area (Å²) in [5, 5.41) is 2.55. The maximum atomic E-state index is 11.9. The smallest absolute Gasteiger partial charge is 0.227 e. The largest absolute Gasteiger partial charge is 0.392 e. The lowest BCUT2D eigenvalue weighted by molar-refractivity contribution is -0.128. The number of carbonyl (C=O) groups excluding carboxylic acids is 1. The molecule has 0 aromatic rings. The van der Waals surface area contributed by atoms with Gasteiger partial charge in [0.25, 0.3) is 0 Å². The fourth-order valence-electron chi connectivity index (χ4n) is 1.91. The van der Waals surface area contributed by atoms with E-state index in [1.54, 1.807) is 14.0 Å². The van der Waals surface area contributed by atoms with Crippen LogP contribution in [0, 0.1) is 5.41 Å². The number of sulfonamides is 1. The van der Waals surface area contributed by atoms with E-state index in [4.69, 9.17) is 5.73 Å². The van der Waals surface area contributed by atoms with Crippen molar-refractivity contribution in [3.63, 3.8) is 0 Å². The van der Waals surface area contributed by atoms with Crippen LogP contribution in [0.1, 0.15) is 13.3 Å². The van der Waals surface area contributed by atoms with Gasteiger partial charge in [-0.25, -0.2) is 12.7 Å². The number of hydrogen-bond acceptors (Lipinski definition) is 4. The minimum atomic E-state index is -3.48. The van der Waals surface area contributed by atoms with E-state index in [9.17, 15) is 13.2 Å². The molecule has 1 saturated heterocycles. The molecule has 1 unspecified atom stereocenters. The predicted octanol–water partition coefficient (Wildman–Crippen LogP) is -0.940. The van der Waals surface area contributed by atoms with Crippen molar-refractivity contribution in [2.45, 2.75) is 13.3 Å². The standard InChI is InChI=1S/C9H17N3O3S2/c1-9(8(13)11-2)3-4-12(6-9)17(14,15)5-7(10)16/h3-6H2,1-2H3,(H2,10,16)(H,11,13). The second-order valence-corrected chi connectivity index (χ2v) is 6.94. The number of nitrogens with two attached hydrogens (primary N) is 1. The van der Waals surface area contributed by atoms with E-state index >= 15 is 0 Å². The zero-order valence-electron chi connectivity index (χ0n) is 9.89. The first kappa shape index (κ1) is 14.3. The SMILES string of the molecule is CNC(=O)C1(C)CCN(S(=O)(=O)CC(N)=S)C1. The van der Waals surface area contributed by atoms with Crippen molar-refractivity contribution in [3.8, 4) is 0 Å². The number of thiocarbonyl (C=S) groups is 1. The van der Waals surface area contributed by atoms with Gasteiger partial charge in [-0.15, -0.1) is 0 Å². The molecule has 1 aliphatic heterocycles. The molecule has 0 spiro atoms. The Bertz CT molecular complexity index is 435. The van der Waals surface area contributed by atoms with Gasteiger partial charge in [0.15, 0.2) is 0 Å². The van der Waals surface area contributed by atoms with E-state index in [2.05, 4.69) is 17.5 Å². The van der Waals surface area contributed by atoms with Gasteiger partial charge in [-0.1, -0.05) is 12.2 Å². The van der Waals surface area contributed by atoms with Crippen LogP contribution in [0.4, 0.5) is 0 Å².